The number of nitrogens with zero attached hydrogens (tertiary/aromatic N) is 2. The van der Waals surface area contributed by atoms with Crippen LogP contribution in [0.3, 0.4) is 0 Å². The highest BCUT2D eigenvalue weighted by Gasteiger charge is 2.38. The van der Waals surface area contributed by atoms with E-state index in [-0.39, 0.29) is 36.2 Å². The SMILES string of the molecule is O=C(Nc1ccccc1)NC1CCN(C(=O)C2CC(=O)N(c3ccc4c(c3)Cc3ccccc3-4)C2)CC1. The lowest BCUT2D eigenvalue weighted by atomic mass is 10.0. The number of anilines is 2. The molecule has 0 saturated carbocycles. The molecular formula is C30H30N4O3. The van der Waals surface area contributed by atoms with Crippen molar-refractivity contribution in [1.82, 2.24) is 10.2 Å². The number of benzene rings is 3. The van der Waals surface area contributed by atoms with Gasteiger partial charge in [0.1, 0.15) is 0 Å². The predicted molar refractivity (Wildman–Crippen MR) is 143 cm³/mol. The number of nitrogens with one attached hydrogen (secondary N) is 2. The molecule has 3 aromatic carbocycles. The van der Waals surface area contributed by atoms with Gasteiger partial charge in [0.15, 0.2) is 0 Å². The van der Waals surface area contributed by atoms with E-state index in [0.717, 1.165) is 17.8 Å². The highest BCUT2D eigenvalue weighted by Crippen LogP contribution is 2.39. The normalized spacial score (nSPS) is 18.9. The first-order valence-electron chi connectivity index (χ1n) is 13.0. The van der Waals surface area contributed by atoms with Crippen LogP contribution in [-0.2, 0) is 16.0 Å². The maximum atomic E-state index is 13.3. The summed E-state index contributed by atoms with van der Waals surface area (Å²) >= 11 is 0. The smallest absolute Gasteiger partial charge is 0.319 e. The molecule has 7 nitrogen and oxygen atoms in total. The zero-order valence-electron chi connectivity index (χ0n) is 20.7. The minimum Gasteiger partial charge on any atom is -0.342 e. The van der Waals surface area contributed by atoms with Crippen LogP contribution in [0.2, 0.25) is 0 Å². The molecule has 37 heavy (non-hydrogen) atoms. The van der Waals surface area contributed by atoms with Gasteiger partial charge in [0.2, 0.25) is 11.8 Å². The van der Waals surface area contributed by atoms with E-state index in [4.69, 9.17) is 0 Å². The minimum absolute atomic E-state index is 0.00273. The number of carbonyl (C=O) groups is 3. The van der Waals surface area contributed by atoms with Crippen LogP contribution in [0, 0.1) is 5.92 Å². The van der Waals surface area contributed by atoms with E-state index < -0.39 is 0 Å². The first-order valence-corrected chi connectivity index (χ1v) is 13.0. The Balaban J connectivity index is 1.03. The molecule has 3 aliphatic rings. The zero-order chi connectivity index (χ0) is 25.4. The number of amides is 4. The Kier molecular flexibility index (Phi) is 6.12. The van der Waals surface area contributed by atoms with Gasteiger partial charge in [-0.3, -0.25) is 9.59 Å². The quantitative estimate of drug-likeness (QED) is 0.441. The molecule has 4 amide bonds. The lowest BCUT2D eigenvalue weighted by Crippen LogP contribution is -2.49. The molecule has 188 valence electrons. The second kappa shape index (κ2) is 9.73. The number of para-hydroxylation sites is 1. The van der Waals surface area contributed by atoms with Gasteiger partial charge in [0, 0.05) is 43.5 Å². The Morgan fingerprint density at radius 2 is 1.57 bits per heavy atom. The van der Waals surface area contributed by atoms with Crippen LogP contribution in [0.25, 0.3) is 11.1 Å². The average molecular weight is 495 g/mol. The molecule has 1 atom stereocenters. The molecule has 1 aliphatic carbocycles. The maximum absolute atomic E-state index is 13.3. The summed E-state index contributed by atoms with van der Waals surface area (Å²) in [5, 5.41) is 5.85. The highest BCUT2D eigenvalue weighted by atomic mass is 16.2. The Hall–Kier alpha value is -4.13. The number of fused-ring (bicyclic) bond motifs is 3. The largest absolute Gasteiger partial charge is 0.342 e. The molecule has 0 bridgehead atoms. The Bertz CT molecular complexity index is 1350. The van der Waals surface area contributed by atoms with Gasteiger partial charge in [-0.25, -0.2) is 4.79 Å². The third-order valence-corrected chi connectivity index (χ3v) is 7.74. The van der Waals surface area contributed by atoms with Gasteiger partial charge in [-0.15, -0.1) is 0 Å². The molecule has 2 fully saturated rings. The van der Waals surface area contributed by atoms with E-state index in [1.165, 1.54) is 22.3 Å². The van der Waals surface area contributed by atoms with Gasteiger partial charge in [0.25, 0.3) is 0 Å². The lowest BCUT2D eigenvalue weighted by molar-refractivity contribution is -0.136. The average Bonchev–Trinajstić information content (AvgIpc) is 3.49. The van der Waals surface area contributed by atoms with Crippen molar-refractivity contribution >= 4 is 29.2 Å². The first-order chi connectivity index (χ1) is 18.0. The fourth-order valence-corrected chi connectivity index (χ4v) is 5.80. The van der Waals surface area contributed by atoms with Crippen LogP contribution < -0.4 is 15.5 Å². The van der Waals surface area contributed by atoms with Gasteiger partial charge in [-0.2, -0.15) is 0 Å². The molecule has 2 saturated heterocycles. The molecule has 0 radical (unpaired) electrons. The van der Waals surface area contributed by atoms with Crippen molar-refractivity contribution in [3.8, 4) is 11.1 Å². The van der Waals surface area contributed by atoms with E-state index in [1.807, 2.05) is 41.3 Å². The summed E-state index contributed by atoms with van der Waals surface area (Å²) in [6, 6.07) is 23.7. The number of rotatable bonds is 4. The van der Waals surface area contributed by atoms with Crippen molar-refractivity contribution < 1.29 is 14.4 Å². The molecule has 1 unspecified atom stereocenters. The van der Waals surface area contributed by atoms with Crippen LogP contribution in [0.4, 0.5) is 16.2 Å². The summed E-state index contributed by atoms with van der Waals surface area (Å²) in [5.74, 6) is -0.289. The number of piperidine rings is 1. The van der Waals surface area contributed by atoms with Crippen LogP contribution in [0.1, 0.15) is 30.4 Å². The second-order valence-electron chi connectivity index (χ2n) is 10.1. The molecule has 2 heterocycles. The monoisotopic (exact) mass is 494 g/mol. The topological polar surface area (TPSA) is 81.8 Å². The van der Waals surface area contributed by atoms with E-state index in [1.54, 1.807) is 4.90 Å². The number of urea groups is 1. The van der Waals surface area contributed by atoms with Gasteiger partial charge in [0.05, 0.1) is 5.92 Å². The first kappa shape index (κ1) is 23.3. The summed E-state index contributed by atoms with van der Waals surface area (Å²) in [6.45, 7) is 1.58. The lowest BCUT2D eigenvalue weighted by Gasteiger charge is -2.33. The fraction of sp³-hybridized carbons (Fsp3) is 0.300. The number of carbonyl (C=O) groups excluding carboxylic acids is 3. The summed E-state index contributed by atoms with van der Waals surface area (Å²) in [6.07, 6.45) is 2.51. The van der Waals surface area contributed by atoms with Gasteiger partial charge in [-0.1, -0.05) is 48.5 Å². The zero-order valence-corrected chi connectivity index (χ0v) is 20.7. The van der Waals surface area contributed by atoms with E-state index in [2.05, 4.69) is 47.0 Å². The standard InChI is InChI=1S/C30H30N4O3/c35-28-18-22(19-34(28)25-10-11-27-21(17-25)16-20-6-4-5-9-26(20)27)29(36)33-14-12-24(13-15-33)32-30(37)31-23-7-2-1-3-8-23/h1-11,17,22,24H,12-16,18-19H2,(H2,31,32,37). The van der Waals surface area contributed by atoms with Crippen molar-refractivity contribution in [2.75, 3.05) is 29.9 Å². The van der Waals surface area contributed by atoms with Crippen molar-refractivity contribution in [2.45, 2.75) is 31.7 Å². The molecule has 0 spiro atoms. The van der Waals surface area contributed by atoms with Gasteiger partial charge in [-0.05, 0) is 65.8 Å². The predicted octanol–water partition coefficient (Wildman–Crippen LogP) is 4.42. The molecule has 3 aromatic rings. The molecule has 0 aromatic heterocycles. The molecule has 2 N–H and O–H groups in total. The van der Waals surface area contributed by atoms with E-state index in [9.17, 15) is 14.4 Å². The Morgan fingerprint density at radius 3 is 2.38 bits per heavy atom. The third-order valence-electron chi connectivity index (χ3n) is 7.74. The number of likely N-dealkylation sites (tertiary alicyclic amines) is 1. The van der Waals surface area contributed by atoms with Crippen molar-refractivity contribution in [3.05, 3.63) is 83.9 Å². The molecular weight excluding hydrogens is 464 g/mol. The third kappa shape index (κ3) is 4.69. The van der Waals surface area contributed by atoms with Crippen molar-refractivity contribution in [1.29, 1.82) is 0 Å². The maximum Gasteiger partial charge on any atom is 0.319 e. The number of hydrogen-bond donors (Lipinski definition) is 2. The minimum atomic E-state index is -0.330. The van der Waals surface area contributed by atoms with Crippen LogP contribution in [0.5, 0.6) is 0 Å². The molecule has 6 rings (SSSR count). The summed E-state index contributed by atoms with van der Waals surface area (Å²) in [5.41, 5.74) is 6.65. The Morgan fingerprint density at radius 1 is 0.838 bits per heavy atom. The molecule has 2 aliphatic heterocycles. The Labute approximate surface area is 216 Å². The van der Waals surface area contributed by atoms with Gasteiger partial charge >= 0.3 is 6.03 Å². The van der Waals surface area contributed by atoms with Gasteiger partial charge < -0.3 is 20.4 Å². The highest BCUT2D eigenvalue weighted by molar-refractivity contribution is 6.01. The van der Waals surface area contributed by atoms with Crippen LogP contribution >= 0.6 is 0 Å². The summed E-state index contributed by atoms with van der Waals surface area (Å²) in [7, 11) is 0. The fourth-order valence-electron chi connectivity index (χ4n) is 5.80. The summed E-state index contributed by atoms with van der Waals surface area (Å²) in [4.78, 5) is 42.1. The van der Waals surface area contributed by atoms with E-state index >= 15 is 0 Å². The number of hydrogen-bond acceptors (Lipinski definition) is 3. The van der Waals surface area contributed by atoms with Crippen LogP contribution in [-0.4, -0.2) is 48.4 Å². The second-order valence-corrected chi connectivity index (χ2v) is 10.1. The van der Waals surface area contributed by atoms with Crippen molar-refractivity contribution in [2.24, 2.45) is 5.92 Å². The summed E-state index contributed by atoms with van der Waals surface area (Å²) < 4.78 is 0. The van der Waals surface area contributed by atoms with Crippen molar-refractivity contribution in [3.63, 3.8) is 0 Å². The van der Waals surface area contributed by atoms with E-state index in [0.29, 0.717) is 32.5 Å². The molecule has 7 heteroatoms. The van der Waals surface area contributed by atoms with Crippen LogP contribution in [0.15, 0.2) is 72.8 Å².